The lowest BCUT2D eigenvalue weighted by Crippen LogP contribution is -2.08. The Labute approximate surface area is 84.5 Å². The van der Waals surface area contributed by atoms with E-state index in [2.05, 4.69) is 0 Å². The van der Waals surface area contributed by atoms with Gasteiger partial charge in [-0.25, -0.2) is 8.78 Å². The normalized spacial score (nSPS) is 15.8. The monoisotopic (exact) mass is 214 g/mol. The number of carbonyl (C=O) groups excluding carboxylic acids is 1. The second kappa shape index (κ2) is 3.69. The molecule has 0 radical (unpaired) electrons. The van der Waals surface area contributed by atoms with Crippen LogP contribution in [0.3, 0.4) is 0 Å². The second-order valence-electron chi connectivity index (χ2n) is 3.08. The summed E-state index contributed by atoms with van der Waals surface area (Å²) >= 11 is 1.55. The van der Waals surface area contributed by atoms with Crippen LogP contribution in [-0.2, 0) is 0 Å². The van der Waals surface area contributed by atoms with Crippen LogP contribution in [0.4, 0.5) is 8.78 Å². The first-order valence-electron chi connectivity index (χ1n) is 4.26. The zero-order chi connectivity index (χ0) is 10.1. The molecule has 1 nitrogen and oxygen atoms in total. The standard InChI is InChI=1S/C10H8F2OS/c11-10(12)6-1-2-9-7(5-6)8(13)3-4-14-9/h1-2,5,10H,3-4H2. The molecule has 0 unspecified atom stereocenters. The van der Waals surface area contributed by atoms with E-state index in [-0.39, 0.29) is 11.3 Å². The summed E-state index contributed by atoms with van der Waals surface area (Å²) in [7, 11) is 0. The second-order valence-corrected chi connectivity index (χ2v) is 4.21. The molecule has 0 spiro atoms. The van der Waals surface area contributed by atoms with Crippen molar-refractivity contribution in [2.45, 2.75) is 17.7 Å². The summed E-state index contributed by atoms with van der Waals surface area (Å²) in [6.45, 7) is 0. The molecule has 74 valence electrons. The Balaban J connectivity index is 2.46. The largest absolute Gasteiger partial charge is 0.294 e. The fourth-order valence-electron chi connectivity index (χ4n) is 1.42. The minimum Gasteiger partial charge on any atom is -0.294 e. The van der Waals surface area contributed by atoms with Gasteiger partial charge in [0.15, 0.2) is 5.78 Å². The number of thioether (sulfide) groups is 1. The number of benzene rings is 1. The van der Waals surface area contributed by atoms with Crippen LogP contribution in [0, 0.1) is 0 Å². The number of fused-ring (bicyclic) bond motifs is 1. The Morgan fingerprint density at radius 2 is 2.14 bits per heavy atom. The Kier molecular flexibility index (Phi) is 2.54. The van der Waals surface area contributed by atoms with Gasteiger partial charge >= 0.3 is 0 Å². The van der Waals surface area contributed by atoms with Crippen LogP contribution in [0.15, 0.2) is 23.1 Å². The summed E-state index contributed by atoms with van der Waals surface area (Å²) in [6.07, 6.45) is -2.05. The third-order valence-corrected chi connectivity index (χ3v) is 3.22. The summed E-state index contributed by atoms with van der Waals surface area (Å²) < 4.78 is 24.7. The molecule has 0 saturated heterocycles. The predicted molar refractivity (Wildman–Crippen MR) is 51.1 cm³/mol. The summed E-state index contributed by atoms with van der Waals surface area (Å²) in [5, 5.41) is 0. The number of carbonyl (C=O) groups is 1. The van der Waals surface area contributed by atoms with Gasteiger partial charge in [0.1, 0.15) is 0 Å². The minimum absolute atomic E-state index is 0.0266. The molecule has 1 aromatic carbocycles. The lowest BCUT2D eigenvalue weighted by atomic mass is 10.1. The zero-order valence-corrected chi connectivity index (χ0v) is 8.11. The number of hydrogen-bond acceptors (Lipinski definition) is 2. The van der Waals surface area contributed by atoms with Gasteiger partial charge in [0.05, 0.1) is 0 Å². The molecule has 1 aliphatic heterocycles. The Morgan fingerprint density at radius 1 is 1.36 bits per heavy atom. The van der Waals surface area contributed by atoms with Crippen molar-refractivity contribution >= 4 is 17.5 Å². The van der Waals surface area contributed by atoms with Crippen molar-refractivity contribution in [3.8, 4) is 0 Å². The van der Waals surface area contributed by atoms with Crippen LogP contribution in [0.2, 0.25) is 0 Å². The van der Waals surface area contributed by atoms with Crippen molar-refractivity contribution in [1.82, 2.24) is 0 Å². The van der Waals surface area contributed by atoms with Crippen molar-refractivity contribution in [2.24, 2.45) is 0 Å². The van der Waals surface area contributed by atoms with Gasteiger partial charge in [-0.05, 0) is 12.1 Å². The molecule has 0 bridgehead atoms. The number of halogens is 2. The van der Waals surface area contributed by atoms with Gasteiger partial charge < -0.3 is 0 Å². The zero-order valence-electron chi connectivity index (χ0n) is 7.30. The van der Waals surface area contributed by atoms with Crippen LogP contribution in [0.5, 0.6) is 0 Å². The molecule has 0 N–H and O–H groups in total. The molecule has 1 aromatic rings. The Bertz CT molecular complexity index is 376. The third-order valence-electron chi connectivity index (χ3n) is 2.14. The van der Waals surface area contributed by atoms with Crippen LogP contribution >= 0.6 is 11.8 Å². The van der Waals surface area contributed by atoms with E-state index in [0.29, 0.717) is 12.0 Å². The smallest absolute Gasteiger partial charge is 0.263 e. The van der Waals surface area contributed by atoms with E-state index in [4.69, 9.17) is 0 Å². The number of Topliss-reactive ketones (excluding diaryl/α,β-unsaturated/α-hetero) is 1. The topological polar surface area (TPSA) is 17.1 Å². The number of alkyl halides is 2. The van der Waals surface area contributed by atoms with Gasteiger partial charge in [0.2, 0.25) is 0 Å². The molecule has 0 saturated carbocycles. The lowest BCUT2D eigenvalue weighted by Gasteiger charge is -2.14. The first kappa shape index (κ1) is 9.65. The fourth-order valence-corrected chi connectivity index (χ4v) is 2.42. The third kappa shape index (κ3) is 1.66. The Morgan fingerprint density at radius 3 is 2.86 bits per heavy atom. The Hall–Kier alpha value is -0.900. The van der Waals surface area contributed by atoms with E-state index in [1.54, 1.807) is 17.8 Å². The van der Waals surface area contributed by atoms with Crippen molar-refractivity contribution in [3.63, 3.8) is 0 Å². The highest BCUT2D eigenvalue weighted by Crippen LogP contribution is 2.32. The van der Waals surface area contributed by atoms with Gasteiger partial charge in [-0.15, -0.1) is 11.8 Å². The van der Waals surface area contributed by atoms with Crippen LogP contribution in [0.25, 0.3) is 0 Å². The molecule has 1 heterocycles. The lowest BCUT2D eigenvalue weighted by molar-refractivity contribution is 0.0984. The van der Waals surface area contributed by atoms with Crippen molar-refractivity contribution in [1.29, 1.82) is 0 Å². The highest BCUT2D eigenvalue weighted by molar-refractivity contribution is 7.99. The molecule has 4 heteroatoms. The van der Waals surface area contributed by atoms with E-state index >= 15 is 0 Å². The summed E-state index contributed by atoms with van der Waals surface area (Å²) in [6, 6.07) is 4.31. The summed E-state index contributed by atoms with van der Waals surface area (Å²) in [5.74, 6) is 0.723. The molecule has 14 heavy (non-hydrogen) atoms. The first-order valence-corrected chi connectivity index (χ1v) is 5.25. The summed E-state index contributed by atoms with van der Waals surface area (Å²) in [5.41, 5.74) is 0.388. The molecule has 1 aliphatic rings. The molecule has 0 atom stereocenters. The van der Waals surface area contributed by atoms with E-state index in [0.717, 1.165) is 10.6 Å². The van der Waals surface area contributed by atoms with Gasteiger partial charge in [-0.3, -0.25) is 4.79 Å². The van der Waals surface area contributed by atoms with Crippen LogP contribution in [-0.4, -0.2) is 11.5 Å². The maximum absolute atomic E-state index is 12.3. The van der Waals surface area contributed by atoms with Gasteiger partial charge in [-0.2, -0.15) is 0 Å². The molecule has 0 aromatic heterocycles. The van der Waals surface area contributed by atoms with Crippen LogP contribution < -0.4 is 0 Å². The van der Waals surface area contributed by atoms with Crippen LogP contribution in [0.1, 0.15) is 28.8 Å². The molecule has 0 amide bonds. The maximum atomic E-state index is 12.3. The predicted octanol–water partition coefficient (Wildman–Crippen LogP) is 3.30. The molecule has 0 aliphatic carbocycles. The summed E-state index contributed by atoms with van der Waals surface area (Å²) in [4.78, 5) is 12.2. The minimum atomic E-state index is -2.50. The van der Waals surface area contributed by atoms with E-state index in [9.17, 15) is 13.6 Å². The van der Waals surface area contributed by atoms with E-state index in [1.807, 2.05) is 0 Å². The number of ketones is 1. The molecule has 2 rings (SSSR count). The maximum Gasteiger partial charge on any atom is 0.263 e. The molecule has 0 fully saturated rings. The number of hydrogen-bond donors (Lipinski definition) is 0. The molecular formula is C10H8F2OS. The van der Waals surface area contributed by atoms with E-state index in [1.165, 1.54) is 12.1 Å². The number of rotatable bonds is 1. The van der Waals surface area contributed by atoms with Crippen molar-refractivity contribution < 1.29 is 13.6 Å². The first-order chi connectivity index (χ1) is 6.68. The van der Waals surface area contributed by atoms with Gasteiger partial charge in [-0.1, -0.05) is 6.07 Å². The van der Waals surface area contributed by atoms with E-state index < -0.39 is 6.43 Å². The van der Waals surface area contributed by atoms with Crippen molar-refractivity contribution in [3.05, 3.63) is 29.3 Å². The van der Waals surface area contributed by atoms with Crippen molar-refractivity contribution in [2.75, 3.05) is 5.75 Å². The molecular weight excluding hydrogens is 206 g/mol. The van der Waals surface area contributed by atoms with Gasteiger partial charge in [0.25, 0.3) is 6.43 Å². The highest BCUT2D eigenvalue weighted by atomic mass is 32.2. The highest BCUT2D eigenvalue weighted by Gasteiger charge is 2.19. The fraction of sp³-hybridized carbons (Fsp3) is 0.300. The average molecular weight is 214 g/mol. The SMILES string of the molecule is O=C1CCSc2ccc(C(F)F)cc21. The van der Waals surface area contributed by atoms with Gasteiger partial charge in [0, 0.05) is 28.2 Å². The quantitative estimate of drug-likeness (QED) is 0.713. The average Bonchev–Trinajstić information content (AvgIpc) is 2.18.